The number of benzene rings is 1. The monoisotopic (exact) mass is 260 g/mol. The molecular weight excluding hydrogens is 235 g/mol. The van der Waals surface area contributed by atoms with Crippen LogP contribution in [0.3, 0.4) is 0 Å². The van der Waals surface area contributed by atoms with Crippen LogP contribution >= 0.6 is 0 Å². The van der Waals surface area contributed by atoms with Crippen molar-refractivity contribution in [3.05, 3.63) is 47.8 Å². The minimum Gasteiger partial charge on any atom is -0.207 e. The fourth-order valence-corrected chi connectivity index (χ4v) is 3.08. The van der Waals surface area contributed by atoms with E-state index in [2.05, 4.69) is 26.0 Å². The summed E-state index contributed by atoms with van der Waals surface area (Å²) in [5.74, 6) is 0.561. The largest absolute Gasteiger partial charge is 0.207 e. The van der Waals surface area contributed by atoms with Crippen LogP contribution < -0.4 is 0 Å². The van der Waals surface area contributed by atoms with Gasteiger partial charge in [-0.1, -0.05) is 57.4 Å². The predicted octanol–water partition coefficient (Wildman–Crippen LogP) is 5.63. The van der Waals surface area contributed by atoms with Gasteiger partial charge in [0.25, 0.3) is 0 Å². The Hall–Kier alpha value is -1.11. The van der Waals surface area contributed by atoms with Crippen LogP contribution in [0.25, 0.3) is 0 Å². The molecule has 0 heterocycles. The van der Waals surface area contributed by atoms with E-state index in [-0.39, 0.29) is 11.2 Å². The highest BCUT2D eigenvalue weighted by molar-refractivity contribution is 5.32. The van der Waals surface area contributed by atoms with Crippen LogP contribution in [0.5, 0.6) is 0 Å². The maximum absolute atomic E-state index is 13.1. The van der Waals surface area contributed by atoms with Gasteiger partial charge in [-0.3, -0.25) is 0 Å². The van der Waals surface area contributed by atoms with E-state index in [9.17, 15) is 4.39 Å². The Morgan fingerprint density at radius 2 is 1.74 bits per heavy atom. The van der Waals surface area contributed by atoms with Crippen LogP contribution in [0, 0.1) is 11.7 Å². The first-order chi connectivity index (χ1) is 9.12. The van der Waals surface area contributed by atoms with E-state index in [4.69, 9.17) is 0 Å². The zero-order valence-corrected chi connectivity index (χ0v) is 12.2. The lowest BCUT2D eigenvalue weighted by atomic mass is 9.69. The quantitative estimate of drug-likeness (QED) is 0.615. The summed E-state index contributed by atoms with van der Waals surface area (Å²) in [5.41, 5.74) is 1.44. The summed E-state index contributed by atoms with van der Waals surface area (Å²) in [4.78, 5) is 0. The Kier molecular flexibility index (Phi) is 4.79. The molecule has 0 nitrogen and oxygen atoms in total. The molecule has 0 unspecified atom stereocenters. The van der Waals surface area contributed by atoms with Crippen molar-refractivity contribution in [2.75, 3.05) is 0 Å². The Morgan fingerprint density at radius 1 is 1.11 bits per heavy atom. The van der Waals surface area contributed by atoms with Crippen molar-refractivity contribution in [1.82, 2.24) is 0 Å². The molecular formula is C18H25F. The van der Waals surface area contributed by atoms with Crippen LogP contribution in [0.2, 0.25) is 0 Å². The molecule has 0 aromatic heterocycles. The van der Waals surface area contributed by atoms with Crippen molar-refractivity contribution >= 4 is 0 Å². The molecule has 104 valence electrons. The Bertz CT molecular complexity index is 408. The maximum Gasteiger partial charge on any atom is 0.123 e. The number of rotatable bonds is 4. The third kappa shape index (κ3) is 3.68. The van der Waals surface area contributed by atoms with Crippen molar-refractivity contribution in [2.24, 2.45) is 5.92 Å². The summed E-state index contributed by atoms with van der Waals surface area (Å²) in [7, 11) is 0. The van der Waals surface area contributed by atoms with Crippen molar-refractivity contribution in [2.45, 2.75) is 57.8 Å². The lowest BCUT2D eigenvalue weighted by molar-refractivity contribution is 0.356. The fraction of sp³-hybridized carbons (Fsp3) is 0.556. The molecule has 0 saturated heterocycles. The molecule has 0 radical (unpaired) electrons. The zero-order valence-electron chi connectivity index (χ0n) is 12.2. The summed E-state index contributed by atoms with van der Waals surface area (Å²) in [6.07, 6.45) is 12.2. The van der Waals surface area contributed by atoms with Gasteiger partial charge in [-0.2, -0.15) is 0 Å². The van der Waals surface area contributed by atoms with Crippen LogP contribution in [0.4, 0.5) is 4.39 Å². The second kappa shape index (κ2) is 6.36. The second-order valence-corrected chi connectivity index (χ2v) is 6.26. The van der Waals surface area contributed by atoms with Crippen molar-refractivity contribution in [3.63, 3.8) is 0 Å². The number of hydrogen-bond donors (Lipinski definition) is 0. The van der Waals surface area contributed by atoms with Crippen LogP contribution in [-0.2, 0) is 5.41 Å². The standard InChI is InChI=1S/C18H25F/c1-15(2)7-6-14-18(12-4-3-5-13-18)16-8-10-17(19)11-9-16/h6,8-11,14-15H,3-5,7,12-13H2,1-2H3/b14-6+. The lowest BCUT2D eigenvalue weighted by Crippen LogP contribution is -2.26. The number of halogens is 1. The number of allylic oxidation sites excluding steroid dienone is 2. The summed E-state index contributed by atoms with van der Waals surface area (Å²) < 4.78 is 13.1. The SMILES string of the molecule is CC(C)C/C=C/C1(c2ccc(F)cc2)CCCCC1. The highest BCUT2D eigenvalue weighted by atomic mass is 19.1. The van der Waals surface area contributed by atoms with Gasteiger partial charge in [-0.25, -0.2) is 4.39 Å². The summed E-state index contributed by atoms with van der Waals surface area (Å²) in [6, 6.07) is 7.14. The van der Waals surface area contributed by atoms with Crippen molar-refractivity contribution in [3.8, 4) is 0 Å². The molecule has 0 spiro atoms. The smallest absolute Gasteiger partial charge is 0.123 e. The van der Waals surface area contributed by atoms with Gasteiger partial charge in [-0.15, -0.1) is 0 Å². The average molecular weight is 260 g/mol. The normalized spacial score (nSPS) is 19.2. The van der Waals surface area contributed by atoms with Gasteiger partial charge >= 0.3 is 0 Å². The van der Waals surface area contributed by atoms with Gasteiger partial charge in [0.2, 0.25) is 0 Å². The van der Waals surface area contributed by atoms with Crippen molar-refractivity contribution < 1.29 is 4.39 Å². The third-order valence-corrected chi connectivity index (χ3v) is 4.21. The molecule has 0 N–H and O–H groups in total. The molecule has 0 aliphatic heterocycles. The zero-order chi connectivity index (χ0) is 13.7. The van der Waals surface area contributed by atoms with Gasteiger partial charge in [0.1, 0.15) is 5.82 Å². The van der Waals surface area contributed by atoms with Crippen LogP contribution in [0.1, 0.15) is 57.9 Å². The van der Waals surface area contributed by atoms with Gasteiger partial charge in [-0.05, 0) is 42.9 Å². The van der Waals surface area contributed by atoms with E-state index in [1.165, 1.54) is 37.7 Å². The maximum atomic E-state index is 13.1. The summed E-state index contributed by atoms with van der Waals surface area (Å²) >= 11 is 0. The molecule has 19 heavy (non-hydrogen) atoms. The van der Waals surface area contributed by atoms with Gasteiger partial charge < -0.3 is 0 Å². The molecule has 0 amide bonds. The number of hydrogen-bond acceptors (Lipinski definition) is 0. The van der Waals surface area contributed by atoms with E-state index in [1.54, 1.807) is 12.1 Å². The van der Waals surface area contributed by atoms with E-state index in [0.717, 1.165) is 6.42 Å². The van der Waals surface area contributed by atoms with E-state index >= 15 is 0 Å². The minimum absolute atomic E-state index is 0.138. The molecule has 1 saturated carbocycles. The second-order valence-electron chi connectivity index (χ2n) is 6.26. The highest BCUT2D eigenvalue weighted by Crippen LogP contribution is 2.40. The first-order valence-corrected chi connectivity index (χ1v) is 7.56. The Balaban J connectivity index is 2.23. The average Bonchev–Trinajstić information content (AvgIpc) is 2.40. The molecule has 0 bridgehead atoms. The Labute approximate surface area is 116 Å². The van der Waals surface area contributed by atoms with E-state index < -0.39 is 0 Å². The van der Waals surface area contributed by atoms with Gasteiger partial charge in [0.05, 0.1) is 0 Å². The molecule has 1 fully saturated rings. The van der Waals surface area contributed by atoms with Gasteiger partial charge in [0, 0.05) is 5.41 Å². The summed E-state index contributed by atoms with van der Waals surface area (Å²) in [6.45, 7) is 4.49. The summed E-state index contributed by atoms with van der Waals surface area (Å²) in [5, 5.41) is 0. The topological polar surface area (TPSA) is 0 Å². The van der Waals surface area contributed by atoms with E-state index in [1.807, 2.05) is 12.1 Å². The molecule has 1 aliphatic carbocycles. The molecule has 1 aromatic rings. The highest BCUT2D eigenvalue weighted by Gasteiger charge is 2.31. The Morgan fingerprint density at radius 3 is 2.32 bits per heavy atom. The van der Waals surface area contributed by atoms with Gasteiger partial charge in [0.15, 0.2) is 0 Å². The first-order valence-electron chi connectivity index (χ1n) is 7.56. The molecule has 2 rings (SSSR count). The predicted molar refractivity (Wildman–Crippen MR) is 79.8 cm³/mol. The fourth-order valence-electron chi connectivity index (χ4n) is 3.08. The van der Waals surface area contributed by atoms with Crippen molar-refractivity contribution in [1.29, 1.82) is 0 Å². The lowest BCUT2D eigenvalue weighted by Gasteiger charge is -2.35. The van der Waals surface area contributed by atoms with E-state index in [0.29, 0.717) is 5.92 Å². The first kappa shape index (κ1) is 14.3. The minimum atomic E-state index is -0.138. The van der Waals surface area contributed by atoms with Crippen LogP contribution in [-0.4, -0.2) is 0 Å². The third-order valence-electron chi connectivity index (χ3n) is 4.21. The molecule has 1 heteroatoms. The molecule has 1 aliphatic rings. The molecule has 1 aromatic carbocycles. The molecule has 0 atom stereocenters. The van der Waals surface area contributed by atoms with Crippen LogP contribution in [0.15, 0.2) is 36.4 Å².